The zero-order valence-electron chi connectivity index (χ0n) is 17.9. The second kappa shape index (κ2) is 7.65. The molecule has 4 amide bonds. The Morgan fingerprint density at radius 2 is 1.70 bits per heavy atom. The van der Waals surface area contributed by atoms with E-state index in [1.54, 1.807) is 13.0 Å². The summed E-state index contributed by atoms with van der Waals surface area (Å²) in [7, 11) is 0. The first kappa shape index (κ1) is 21.1. The molecule has 3 aromatic carbocycles. The molecule has 5 rings (SSSR count). The molecule has 1 unspecified atom stereocenters. The number of halogens is 2. The molecule has 6 nitrogen and oxygen atoms in total. The molecule has 8 heteroatoms. The van der Waals surface area contributed by atoms with E-state index in [0.717, 1.165) is 27.8 Å². The van der Waals surface area contributed by atoms with Gasteiger partial charge in [-0.1, -0.05) is 36.4 Å². The SMILES string of the molecule is CC1(c2ccc3ccccc3c2)NC(=O)N(CC(=O)N2CCc3c(F)ccc(F)c3C2)C1=O. The third kappa shape index (κ3) is 3.42. The molecule has 0 aromatic heterocycles. The van der Waals surface area contributed by atoms with E-state index in [9.17, 15) is 23.2 Å². The van der Waals surface area contributed by atoms with E-state index in [-0.39, 0.29) is 30.6 Å². The molecule has 0 bridgehead atoms. The maximum absolute atomic E-state index is 14.2. The molecule has 33 heavy (non-hydrogen) atoms. The van der Waals surface area contributed by atoms with E-state index in [1.807, 2.05) is 36.4 Å². The Balaban J connectivity index is 1.36. The largest absolute Gasteiger partial charge is 0.336 e. The fourth-order valence-electron chi connectivity index (χ4n) is 4.58. The minimum atomic E-state index is -1.31. The summed E-state index contributed by atoms with van der Waals surface area (Å²) >= 11 is 0. The van der Waals surface area contributed by atoms with Gasteiger partial charge in [-0.2, -0.15) is 0 Å². The highest BCUT2D eigenvalue weighted by Gasteiger charge is 2.49. The van der Waals surface area contributed by atoms with Crippen LogP contribution in [-0.4, -0.2) is 40.7 Å². The van der Waals surface area contributed by atoms with Gasteiger partial charge < -0.3 is 10.2 Å². The van der Waals surface area contributed by atoms with Crippen molar-refractivity contribution in [1.29, 1.82) is 0 Å². The molecule has 3 aromatic rings. The van der Waals surface area contributed by atoms with Gasteiger partial charge >= 0.3 is 6.03 Å². The second-order valence-electron chi connectivity index (χ2n) is 8.56. The lowest BCUT2D eigenvalue weighted by Gasteiger charge is -2.30. The normalized spacial score (nSPS) is 20.2. The summed E-state index contributed by atoms with van der Waals surface area (Å²) in [4.78, 5) is 41.1. The molecular weight excluding hydrogens is 428 g/mol. The Bertz CT molecular complexity index is 1330. The van der Waals surface area contributed by atoms with Crippen molar-refractivity contribution in [2.45, 2.75) is 25.4 Å². The molecule has 1 fully saturated rings. The molecule has 2 heterocycles. The van der Waals surface area contributed by atoms with E-state index in [0.29, 0.717) is 5.56 Å². The molecule has 2 aliphatic rings. The molecule has 0 saturated carbocycles. The lowest BCUT2D eigenvalue weighted by Crippen LogP contribution is -2.46. The van der Waals surface area contributed by atoms with Crippen LogP contribution in [0.25, 0.3) is 10.8 Å². The number of nitrogens with one attached hydrogen (secondary N) is 1. The number of fused-ring (bicyclic) bond motifs is 2. The van der Waals surface area contributed by atoms with Gasteiger partial charge in [0.15, 0.2) is 0 Å². The van der Waals surface area contributed by atoms with Crippen molar-refractivity contribution in [3.05, 3.63) is 82.9 Å². The van der Waals surface area contributed by atoms with Crippen LogP contribution in [0.15, 0.2) is 54.6 Å². The van der Waals surface area contributed by atoms with Gasteiger partial charge in [-0.25, -0.2) is 13.6 Å². The summed E-state index contributed by atoms with van der Waals surface area (Å²) < 4.78 is 28.2. The number of hydrogen-bond acceptors (Lipinski definition) is 3. The van der Waals surface area contributed by atoms with Crippen LogP contribution >= 0.6 is 0 Å². The van der Waals surface area contributed by atoms with Gasteiger partial charge in [0.05, 0.1) is 0 Å². The van der Waals surface area contributed by atoms with E-state index in [4.69, 9.17) is 0 Å². The van der Waals surface area contributed by atoms with Crippen molar-refractivity contribution in [1.82, 2.24) is 15.1 Å². The lowest BCUT2D eigenvalue weighted by molar-refractivity contribution is -0.139. The molecule has 168 valence electrons. The van der Waals surface area contributed by atoms with Gasteiger partial charge in [-0.15, -0.1) is 0 Å². The molecule has 2 aliphatic heterocycles. The van der Waals surface area contributed by atoms with Crippen molar-refractivity contribution in [2.24, 2.45) is 0 Å². The van der Waals surface area contributed by atoms with Crippen LogP contribution in [0.1, 0.15) is 23.6 Å². The minimum Gasteiger partial charge on any atom is -0.336 e. The van der Waals surface area contributed by atoms with Crippen molar-refractivity contribution >= 4 is 28.6 Å². The Labute approximate surface area is 188 Å². The summed E-state index contributed by atoms with van der Waals surface area (Å²) in [6.45, 7) is 1.21. The zero-order valence-corrected chi connectivity index (χ0v) is 17.9. The van der Waals surface area contributed by atoms with Crippen molar-refractivity contribution < 1.29 is 23.2 Å². The minimum absolute atomic E-state index is 0.108. The summed E-state index contributed by atoms with van der Waals surface area (Å²) in [5, 5.41) is 4.64. The number of carbonyl (C=O) groups is 3. The molecule has 0 aliphatic carbocycles. The molecule has 0 radical (unpaired) electrons. The van der Waals surface area contributed by atoms with Crippen LogP contribution in [0.3, 0.4) is 0 Å². The number of imide groups is 1. The monoisotopic (exact) mass is 449 g/mol. The van der Waals surface area contributed by atoms with Crippen LogP contribution < -0.4 is 5.32 Å². The van der Waals surface area contributed by atoms with Gasteiger partial charge in [0.25, 0.3) is 5.91 Å². The molecule has 1 N–H and O–H groups in total. The fraction of sp³-hybridized carbons (Fsp3) is 0.240. The Morgan fingerprint density at radius 1 is 1.00 bits per heavy atom. The summed E-state index contributed by atoms with van der Waals surface area (Å²) in [5.74, 6) is -2.12. The Kier molecular flexibility index (Phi) is 4.88. The summed E-state index contributed by atoms with van der Waals surface area (Å²) in [5.41, 5.74) is -0.310. The Hall–Kier alpha value is -3.81. The number of hydrogen-bond donors (Lipinski definition) is 1. The van der Waals surface area contributed by atoms with Gasteiger partial charge in [0.2, 0.25) is 5.91 Å². The van der Waals surface area contributed by atoms with Gasteiger partial charge in [-0.05, 0) is 53.4 Å². The van der Waals surface area contributed by atoms with Crippen LogP contribution in [-0.2, 0) is 28.1 Å². The van der Waals surface area contributed by atoms with Gasteiger partial charge in [0, 0.05) is 18.7 Å². The van der Waals surface area contributed by atoms with E-state index >= 15 is 0 Å². The maximum Gasteiger partial charge on any atom is 0.325 e. The van der Waals surface area contributed by atoms with Gasteiger partial charge in [0.1, 0.15) is 23.7 Å². The number of benzene rings is 3. The standard InChI is InChI=1S/C25H21F2N3O3/c1-25(17-7-6-15-4-2-3-5-16(15)12-17)23(32)30(24(33)28-25)14-22(31)29-11-10-18-19(13-29)21(27)9-8-20(18)26/h2-9,12H,10-11,13-14H2,1H3,(H,28,33). The summed E-state index contributed by atoms with van der Waals surface area (Å²) in [6, 6.07) is 14.6. The topological polar surface area (TPSA) is 69.7 Å². The number of urea groups is 1. The zero-order chi connectivity index (χ0) is 23.3. The van der Waals surface area contributed by atoms with Crippen LogP contribution in [0.4, 0.5) is 13.6 Å². The smallest absolute Gasteiger partial charge is 0.325 e. The van der Waals surface area contributed by atoms with E-state index in [2.05, 4.69) is 5.32 Å². The van der Waals surface area contributed by atoms with Crippen molar-refractivity contribution in [2.75, 3.05) is 13.1 Å². The molecular formula is C25H21F2N3O3. The molecule has 0 spiro atoms. The highest BCUT2D eigenvalue weighted by Crippen LogP contribution is 2.31. The van der Waals surface area contributed by atoms with E-state index < -0.39 is 41.6 Å². The summed E-state index contributed by atoms with van der Waals surface area (Å²) in [6.07, 6.45) is 0.166. The quantitative estimate of drug-likeness (QED) is 0.623. The highest BCUT2D eigenvalue weighted by atomic mass is 19.1. The van der Waals surface area contributed by atoms with Crippen LogP contribution in [0.5, 0.6) is 0 Å². The number of rotatable bonds is 3. The maximum atomic E-state index is 14.2. The lowest BCUT2D eigenvalue weighted by atomic mass is 9.90. The van der Waals surface area contributed by atoms with Crippen molar-refractivity contribution in [3.63, 3.8) is 0 Å². The number of amides is 4. The van der Waals surface area contributed by atoms with E-state index in [1.165, 1.54) is 4.90 Å². The first-order valence-corrected chi connectivity index (χ1v) is 10.6. The predicted molar refractivity (Wildman–Crippen MR) is 117 cm³/mol. The molecule has 1 atom stereocenters. The molecule has 1 saturated heterocycles. The third-order valence-electron chi connectivity index (χ3n) is 6.55. The average Bonchev–Trinajstić information content (AvgIpc) is 3.04. The average molecular weight is 449 g/mol. The first-order valence-electron chi connectivity index (χ1n) is 10.6. The number of carbonyl (C=O) groups excluding carboxylic acids is 3. The highest BCUT2D eigenvalue weighted by molar-refractivity contribution is 6.09. The second-order valence-corrected chi connectivity index (χ2v) is 8.56. The predicted octanol–water partition coefficient (Wildman–Crippen LogP) is 3.47. The fourth-order valence-corrected chi connectivity index (χ4v) is 4.58. The van der Waals surface area contributed by atoms with Crippen LogP contribution in [0, 0.1) is 11.6 Å². The third-order valence-corrected chi connectivity index (χ3v) is 6.55. The first-order chi connectivity index (χ1) is 15.8. The Morgan fingerprint density at radius 3 is 2.45 bits per heavy atom. The number of nitrogens with zero attached hydrogens (tertiary/aromatic N) is 2. The van der Waals surface area contributed by atoms with Crippen LogP contribution in [0.2, 0.25) is 0 Å². The van der Waals surface area contributed by atoms with Gasteiger partial charge in [-0.3, -0.25) is 14.5 Å². The van der Waals surface area contributed by atoms with Crippen molar-refractivity contribution in [3.8, 4) is 0 Å².